The second-order valence-electron chi connectivity index (χ2n) is 7.87. The Morgan fingerprint density at radius 2 is 1.80 bits per heavy atom. The van der Waals surface area contributed by atoms with Crippen molar-refractivity contribution in [2.24, 2.45) is 5.73 Å². The molecule has 3 rings (SSSR count). The number of nitrogens with zero attached hydrogens (tertiary/aromatic N) is 1. The van der Waals surface area contributed by atoms with Crippen molar-refractivity contribution >= 4 is 34.6 Å². The molecule has 0 saturated heterocycles. The molecule has 0 aliphatic heterocycles. The quantitative estimate of drug-likeness (QED) is 0.146. The van der Waals surface area contributed by atoms with Gasteiger partial charge in [0, 0.05) is 35.4 Å². The smallest absolute Gasteiger partial charge is 0.326 e. The first kappa shape index (κ1) is 25.4. The Morgan fingerprint density at radius 1 is 1.03 bits per heavy atom. The van der Waals surface area contributed by atoms with Gasteiger partial charge in [0.25, 0.3) is 0 Å². The van der Waals surface area contributed by atoms with Gasteiger partial charge in [0.15, 0.2) is 0 Å². The van der Waals surface area contributed by atoms with Gasteiger partial charge in [-0.1, -0.05) is 18.2 Å². The van der Waals surface area contributed by atoms with Crippen LogP contribution in [0.4, 0.5) is 0 Å². The third-order valence-corrected chi connectivity index (χ3v) is 5.30. The molecule has 0 aliphatic carbocycles. The SMILES string of the molecule is NC(Cc1c[nH]c2ccccc12)C(=O)NCC(=O)NC(CO)C(=O)NC(Cc1cnc[nH]1)C(=O)O. The molecule has 3 aromatic rings. The molecule has 1 aromatic carbocycles. The maximum absolute atomic E-state index is 12.4. The molecule has 35 heavy (non-hydrogen) atoms. The van der Waals surface area contributed by atoms with Gasteiger partial charge < -0.3 is 41.9 Å². The van der Waals surface area contributed by atoms with Crippen molar-refractivity contribution in [1.82, 2.24) is 30.9 Å². The molecule has 0 aliphatic rings. The monoisotopic (exact) mass is 485 g/mol. The van der Waals surface area contributed by atoms with Crippen LogP contribution in [0.25, 0.3) is 10.9 Å². The van der Waals surface area contributed by atoms with Gasteiger partial charge in [-0.25, -0.2) is 9.78 Å². The van der Waals surface area contributed by atoms with Crippen molar-refractivity contribution in [3.63, 3.8) is 0 Å². The zero-order chi connectivity index (χ0) is 25.4. The van der Waals surface area contributed by atoms with Gasteiger partial charge in [-0.3, -0.25) is 14.4 Å². The lowest BCUT2D eigenvalue weighted by molar-refractivity contribution is -0.142. The molecule has 3 amide bonds. The number of aromatic amines is 2. The number of H-pyrrole nitrogens is 2. The molecule has 2 aromatic heterocycles. The maximum atomic E-state index is 12.4. The maximum Gasteiger partial charge on any atom is 0.326 e. The summed E-state index contributed by atoms with van der Waals surface area (Å²) in [6.07, 6.45) is 4.72. The van der Waals surface area contributed by atoms with Crippen LogP contribution < -0.4 is 21.7 Å². The Morgan fingerprint density at radius 3 is 2.49 bits per heavy atom. The summed E-state index contributed by atoms with van der Waals surface area (Å²) in [6.45, 7) is -1.26. The van der Waals surface area contributed by atoms with Gasteiger partial charge in [0.2, 0.25) is 17.7 Å². The number of carbonyl (C=O) groups excluding carboxylic acids is 3. The van der Waals surface area contributed by atoms with E-state index < -0.39 is 55.0 Å². The number of carboxylic acid groups (broad SMARTS) is 1. The Bertz CT molecular complexity index is 1180. The van der Waals surface area contributed by atoms with Crippen molar-refractivity contribution in [1.29, 1.82) is 0 Å². The summed E-state index contributed by atoms with van der Waals surface area (Å²) in [5.74, 6) is -3.52. The first-order valence-electron chi connectivity index (χ1n) is 10.8. The van der Waals surface area contributed by atoms with E-state index in [1.807, 2.05) is 24.3 Å². The number of fused-ring (bicyclic) bond motifs is 1. The molecule has 13 nitrogen and oxygen atoms in total. The van der Waals surface area contributed by atoms with Crippen molar-refractivity contribution in [2.75, 3.05) is 13.2 Å². The molecule has 0 saturated carbocycles. The lowest BCUT2D eigenvalue weighted by Crippen LogP contribution is -2.55. The van der Waals surface area contributed by atoms with Crippen LogP contribution in [0.1, 0.15) is 11.3 Å². The zero-order valence-electron chi connectivity index (χ0n) is 18.7. The largest absolute Gasteiger partial charge is 0.480 e. The topological polar surface area (TPSA) is 215 Å². The molecule has 186 valence electrons. The fourth-order valence-electron chi connectivity index (χ4n) is 3.46. The molecule has 3 unspecified atom stereocenters. The van der Waals surface area contributed by atoms with E-state index in [2.05, 4.69) is 30.9 Å². The van der Waals surface area contributed by atoms with Crippen LogP contribution >= 0.6 is 0 Å². The minimum absolute atomic E-state index is 0.0719. The van der Waals surface area contributed by atoms with E-state index in [-0.39, 0.29) is 12.8 Å². The number of imidazole rings is 1. The van der Waals surface area contributed by atoms with Crippen LogP contribution in [-0.4, -0.2) is 80.1 Å². The van der Waals surface area contributed by atoms with E-state index in [1.54, 1.807) is 6.20 Å². The fraction of sp³-hybridized carbons (Fsp3) is 0.318. The summed E-state index contributed by atoms with van der Waals surface area (Å²) < 4.78 is 0. The summed E-state index contributed by atoms with van der Waals surface area (Å²) in [5.41, 5.74) is 8.22. The van der Waals surface area contributed by atoms with Gasteiger partial charge in [0.1, 0.15) is 12.1 Å². The molecule has 0 radical (unpaired) electrons. The molecule has 3 atom stereocenters. The van der Waals surface area contributed by atoms with E-state index in [0.717, 1.165) is 16.5 Å². The summed E-state index contributed by atoms with van der Waals surface area (Å²) >= 11 is 0. The van der Waals surface area contributed by atoms with E-state index in [0.29, 0.717) is 5.69 Å². The number of rotatable bonds is 12. The number of aliphatic hydroxyl groups excluding tert-OH is 1. The Labute approximate surface area is 199 Å². The number of aliphatic hydroxyl groups is 1. The van der Waals surface area contributed by atoms with Gasteiger partial charge in [-0.05, 0) is 18.1 Å². The molecule has 0 fully saturated rings. The molecule has 0 spiro atoms. The number of hydrogen-bond donors (Lipinski definition) is 8. The first-order valence-corrected chi connectivity index (χ1v) is 10.8. The van der Waals surface area contributed by atoms with Crippen molar-refractivity contribution in [3.8, 4) is 0 Å². The summed E-state index contributed by atoms with van der Waals surface area (Å²) in [4.78, 5) is 58.0. The highest BCUT2D eigenvalue weighted by Crippen LogP contribution is 2.18. The van der Waals surface area contributed by atoms with Crippen LogP contribution in [0, 0.1) is 0 Å². The minimum Gasteiger partial charge on any atom is -0.480 e. The highest BCUT2D eigenvalue weighted by atomic mass is 16.4. The number of benzene rings is 1. The highest BCUT2D eigenvalue weighted by molar-refractivity contribution is 5.93. The average molecular weight is 486 g/mol. The van der Waals surface area contributed by atoms with E-state index in [9.17, 15) is 29.4 Å². The number of nitrogens with two attached hydrogens (primary N) is 1. The molecule has 13 heteroatoms. The number of hydrogen-bond acceptors (Lipinski definition) is 7. The Balaban J connectivity index is 1.48. The lowest BCUT2D eigenvalue weighted by atomic mass is 10.1. The number of aliphatic carboxylic acids is 1. The van der Waals surface area contributed by atoms with Crippen LogP contribution in [0.2, 0.25) is 0 Å². The predicted molar refractivity (Wildman–Crippen MR) is 124 cm³/mol. The summed E-state index contributed by atoms with van der Waals surface area (Å²) in [6, 6.07) is 3.92. The van der Waals surface area contributed by atoms with Crippen LogP contribution in [0.15, 0.2) is 43.0 Å². The van der Waals surface area contributed by atoms with Crippen LogP contribution in [0.3, 0.4) is 0 Å². The predicted octanol–water partition coefficient (Wildman–Crippen LogP) is -1.83. The average Bonchev–Trinajstić information content (AvgIpc) is 3.50. The fourth-order valence-corrected chi connectivity index (χ4v) is 3.46. The molecular weight excluding hydrogens is 458 g/mol. The van der Waals surface area contributed by atoms with Gasteiger partial charge in [-0.2, -0.15) is 0 Å². The molecule has 0 bridgehead atoms. The van der Waals surface area contributed by atoms with E-state index in [4.69, 9.17) is 5.73 Å². The molecule has 9 N–H and O–H groups in total. The standard InChI is InChI=1S/C22H27N7O6/c23-15(5-12-7-25-16-4-2-1-3-14(12)16)20(32)26-9-19(31)28-18(10-30)21(33)29-17(22(34)35)6-13-8-24-11-27-13/h1-4,7-8,11,15,17-18,25,30H,5-6,9-10,23H2,(H,24,27)(H,26,32)(H,28,31)(H,29,33)(H,34,35). The number of carbonyl (C=O) groups is 4. The summed E-state index contributed by atoms with van der Waals surface area (Å²) in [7, 11) is 0. The van der Waals surface area contributed by atoms with Crippen molar-refractivity contribution < 1.29 is 29.4 Å². The number of amides is 3. The first-order chi connectivity index (χ1) is 16.8. The Kier molecular flexibility index (Phi) is 8.53. The Hall–Kier alpha value is -4.23. The normalized spacial score (nSPS) is 13.5. The van der Waals surface area contributed by atoms with Crippen molar-refractivity contribution in [3.05, 3.63) is 54.2 Å². The van der Waals surface area contributed by atoms with Crippen LogP contribution in [0.5, 0.6) is 0 Å². The molecular formula is C22H27N7O6. The second kappa shape index (κ2) is 11.8. The minimum atomic E-state index is -1.41. The highest BCUT2D eigenvalue weighted by Gasteiger charge is 2.27. The van der Waals surface area contributed by atoms with E-state index >= 15 is 0 Å². The third-order valence-electron chi connectivity index (χ3n) is 5.30. The number of carboxylic acids is 1. The second-order valence-corrected chi connectivity index (χ2v) is 7.87. The van der Waals surface area contributed by atoms with Gasteiger partial charge >= 0.3 is 5.97 Å². The van der Waals surface area contributed by atoms with Crippen molar-refractivity contribution in [2.45, 2.75) is 31.0 Å². The third kappa shape index (κ3) is 6.88. The summed E-state index contributed by atoms with van der Waals surface area (Å²) in [5, 5.41) is 26.7. The van der Waals surface area contributed by atoms with Gasteiger partial charge in [0.05, 0.1) is 25.5 Å². The zero-order valence-corrected chi connectivity index (χ0v) is 18.7. The number of nitrogens with one attached hydrogen (secondary N) is 5. The number of aromatic nitrogens is 3. The van der Waals surface area contributed by atoms with Crippen LogP contribution in [-0.2, 0) is 32.0 Å². The lowest BCUT2D eigenvalue weighted by Gasteiger charge is -2.20. The number of para-hydroxylation sites is 1. The van der Waals surface area contributed by atoms with Gasteiger partial charge in [-0.15, -0.1) is 0 Å². The van der Waals surface area contributed by atoms with E-state index in [1.165, 1.54) is 12.5 Å². The molecule has 2 heterocycles.